The predicted octanol–water partition coefficient (Wildman–Crippen LogP) is 2.96. The fourth-order valence-corrected chi connectivity index (χ4v) is 4.47. The Morgan fingerprint density at radius 2 is 1.76 bits per heavy atom. The summed E-state index contributed by atoms with van der Waals surface area (Å²) in [6.07, 6.45) is 3.45. The number of sulfonamides is 1. The molecule has 11 nitrogen and oxygen atoms in total. The van der Waals surface area contributed by atoms with E-state index in [0.29, 0.717) is 39.9 Å². The zero-order valence-electron chi connectivity index (χ0n) is 18.1. The normalized spacial score (nSPS) is 11.6. The first-order chi connectivity index (χ1) is 16.3. The number of benzene rings is 2. The molecule has 0 aliphatic heterocycles. The summed E-state index contributed by atoms with van der Waals surface area (Å²) in [6, 6.07) is 14.5. The van der Waals surface area contributed by atoms with Gasteiger partial charge in [0.15, 0.2) is 11.4 Å². The van der Waals surface area contributed by atoms with Crippen LogP contribution in [-0.4, -0.2) is 32.7 Å². The molecule has 0 bridgehead atoms. The second kappa shape index (κ2) is 8.15. The molecule has 3 aromatic heterocycles. The van der Waals surface area contributed by atoms with E-state index in [1.54, 1.807) is 60.4 Å². The van der Waals surface area contributed by atoms with Crippen molar-refractivity contribution in [2.75, 3.05) is 10.0 Å². The Morgan fingerprint density at radius 3 is 2.50 bits per heavy atom. The van der Waals surface area contributed by atoms with Gasteiger partial charge in [-0.1, -0.05) is 0 Å². The highest BCUT2D eigenvalue weighted by molar-refractivity contribution is 7.92. The van der Waals surface area contributed by atoms with E-state index in [9.17, 15) is 13.2 Å². The maximum atomic E-state index is 12.9. The van der Waals surface area contributed by atoms with Crippen LogP contribution in [0.25, 0.3) is 16.9 Å². The van der Waals surface area contributed by atoms with E-state index in [1.807, 2.05) is 0 Å². The van der Waals surface area contributed by atoms with Crippen molar-refractivity contribution in [2.45, 2.75) is 11.8 Å². The smallest absolute Gasteiger partial charge is 0.408 e. The van der Waals surface area contributed by atoms with Crippen molar-refractivity contribution < 1.29 is 12.8 Å². The van der Waals surface area contributed by atoms with Crippen LogP contribution in [0, 0.1) is 6.92 Å². The molecule has 0 amide bonds. The topological polar surface area (TPSA) is 137 Å². The Balaban J connectivity index is 1.35. The van der Waals surface area contributed by atoms with E-state index in [1.165, 1.54) is 29.8 Å². The third-order valence-corrected chi connectivity index (χ3v) is 6.43. The molecule has 0 aliphatic carbocycles. The van der Waals surface area contributed by atoms with Crippen LogP contribution in [0.3, 0.4) is 0 Å². The summed E-state index contributed by atoms with van der Waals surface area (Å²) in [5, 5.41) is 7.37. The van der Waals surface area contributed by atoms with Gasteiger partial charge < -0.3 is 9.73 Å². The molecule has 0 radical (unpaired) electrons. The van der Waals surface area contributed by atoms with Crippen molar-refractivity contribution in [3.05, 3.63) is 83.4 Å². The van der Waals surface area contributed by atoms with E-state index >= 15 is 0 Å². The van der Waals surface area contributed by atoms with Crippen molar-refractivity contribution in [3.63, 3.8) is 0 Å². The SMILES string of the molecule is Cc1nc(Nc2ccc(NS(=O)(=O)c3ccc4oc(=O)n(C)c4c3)cc2)cc(-n2cccn2)n1. The number of oxazole rings is 1. The molecule has 0 saturated heterocycles. The molecule has 34 heavy (non-hydrogen) atoms. The molecular formula is C22H19N7O4S. The molecule has 172 valence electrons. The van der Waals surface area contributed by atoms with Gasteiger partial charge in [0.25, 0.3) is 10.0 Å². The van der Waals surface area contributed by atoms with Crippen LogP contribution in [0.5, 0.6) is 0 Å². The predicted molar refractivity (Wildman–Crippen MR) is 126 cm³/mol. The van der Waals surface area contributed by atoms with Crippen LogP contribution in [0.2, 0.25) is 0 Å². The first kappa shape index (κ1) is 21.4. The Bertz CT molecular complexity index is 1650. The Labute approximate surface area is 193 Å². The van der Waals surface area contributed by atoms with Gasteiger partial charge >= 0.3 is 5.76 Å². The number of aromatic nitrogens is 5. The number of rotatable bonds is 6. The van der Waals surface area contributed by atoms with Crippen molar-refractivity contribution in [1.82, 2.24) is 24.3 Å². The first-order valence-electron chi connectivity index (χ1n) is 10.1. The zero-order valence-corrected chi connectivity index (χ0v) is 18.9. The average molecular weight is 478 g/mol. The highest BCUT2D eigenvalue weighted by Crippen LogP contribution is 2.23. The van der Waals surface area contributed by atoms with Crippen LogP contribution >= 0.6 is 0 Å². The average Bonchev–Trinajstić information content (AvgIpc) is 3.43. The molecule has 0 atom stereocenters. The van der Waals surface area contributed by atoms with Gasteiger partial charge in [0.1, 0.15) is 11.6 Å². The van der Waals surface area contributed by atoms with Crippen molar-refractivity contribution in [3.8, 4) is 5.82 Å². The summed E-state index contributed by atoms with van der Waals surface area (Å²) in [5.74, 6) is 1.21. The summed E-state index contributed by atoms with van der Waals surface area (Å²) < 4.78 is 36.2. The fourth-order valence-electron chi connectivity index (χ4n) is 3.39. The molecule has 0 spiro atoms. The van der Waals surface area contributed by atoms with E-state index in [0.717, 1.165) is 0 Å². The van der Waals surface area contributed by atoms with E-state index in [4.69, 9.17) is 4.42 Å². The number of hydrogen-bond acceptors (Lipinski definition) is 8. The number of aryl methyl sites for hydroxylation is 2. The van der Waals surface area contributed by atoms with E-state index < -0.39 is 15.8 Å². The molecule has 2 aromatic carbocycles. The molecule has 3 heterocycles. The van der Waals surface area contributed by atoms with E-state index in [-0.39, 0.29) is 4.90 Å². The van der Waals surface area contributed by atoms with Crippen molar-refractivity contribution in [1.29, 1.82) is 0 Å². The molecule has 12 heteroatoms. The van der Waals surface area contributed by atoms with E-state index in [2.05, 4.69) is 25.1 Å². The van der Waals surface area contributed by atoms with Crippen LogP contribution < -0.4 is 15.8 Å². The lowest BCUT2D eigenvalue weighted by atomic mass is 10.3. The number of anilines is 3. The molecule has 0 aliphatic rings. The molecule has 2 N–H and O–H groups in total. The largest absolute Gasteiger partial charge is 0.419 e. The summed E-state index contributed by atoms with van der Waals surface area (Å²) in [5.41, 5.74) is 1.80. The highest BCUT2D eigenvalue weighted by Gasteiger charge is 2.17. The van der Waals surface area contributed by atoms with Crippen LogP contribution in [0.15, 0.2) is 81.1 Å². The Hall–Kier alpha value is -4.45. The fraction of sp³-hybridized carbons (Fsp3) is 0.0909. The maximum absolute atomic E-state index is 12.9. The van der Waals surface area contributed by atoms with Gasteiger partial charge in [-0.3, -0.25) is 9.29 Å². The Kier molecular flexibility index (Phi) is 5.13. The molecule has 5 rings (SSSR count). The summed E-state index contributed by atoms with van der Waals surface area (Å²) in [7, 11) is -2.36. The number of nitrogens with zero attached hydrogens (tertiary/aromatic N) is 5. The van der Waals surface area contributed by atoms with Gasteiger partial charge in [-0.05, 0) is 55.5 Å². The first-order valence-corrected chi connectivity index (χ1v) is 11.6. The number of nitrogens with one attached hydrogen (secondary N) is 2. The minimum atomic E-state index is -3.88. The van der Waals surface area contributed by atoms with Gasteiger partial charge in [0, 0.05) is 36.9 Å². The summed E-state index contributed by atoms with van der Waals surface area (Å²) in [6.45, 7) is 1.79. The quantitative estimate of drug-likeness (QED) is 0.381. The van der Waals surface area contributed by atoms with Crippen molar-refractivity contribution in [2.24, 2.45) is 7.05 Å². The minimum Gasteiger partial charge on any atom is -0.408 e. The van der Waals surface area contributed by atoms with Gasteiger partial charge in [-0.15, -0.1) is 0 Å². The van der Waals surface area contributed by atoms with Gasteiger partial charge in [0.2, 0.25) is 0 Å². The lowest BCUT2D eigenvalue weighted by Gasteiger charge is -2.11. The third kappa shape index (κ3) is 4.13. The molecular weight excluding hydrogens is 458 g/mol. The lowest BCUT2D eigenvalue weighted by Crippen LogP contribution is -2.13. The monoisotopic (exact) mass is 477 g/mol. The number of fused-ring (bicyclic) bond motifs is 1. The van der Waals surface area contributed by atoms with Crippen LogP contribution in [-0.2, 0) is 17.1 Å². The van der Waals surface area contributed by atoms with Gasteiger partial charge in [0.05, 0.1) is 10.4 Å². The van der Waals surface area contributed by atoms with Gasteiger partial charge in [-0.2, -0.15) is 5.10 Å². The van der Waals surface area contributed by atoms with Crippen LogP contribution in [0.1, 0.15) is 5.82 Å². The second-order valence-electron chi connectivity index (χ2n) is 7.47. The third-order valence-electron chi connectivity index (χ3n) is 5.05. The standard InChI is InChI=1S/C22H19N7O4S/c1-14-24-20(13-21(25-14)29-11-3-10-23-29)26-15-4-6-16(7-5-15)27-34(31,32)17-8-9-19-18(12-17)28(2)22(30)33-19/h3-13,27H,1-2H3,(H,24,25,26). The molecule has 0 saturated carbocycles. The molecule has 5 aromatic rings. The summed E-state index contributed by atoms with van der Waals surface area (Å²) >= 11 is 0. The molecule has 0 fully saturated rings. The molecule has 0 unspecified atom stereocenters. The lowest BCUT2D eigenvalue weighted by molar-refractivity contribution is 0.528. The maximum Gasteiger partial charge on any atom is 0.419 e. The minimum absolute atomic E-state index is 0.0150. The Morgan fingerprint density at radius 1 is 1.00 bits per heavy atom. The second-order valence-corrected chi connectivity index (χ2v) is 9.16. The number of hydrogen-bond donors (Lipinski definition) is 2. The summed E-state index contributed by atoms with van der Waals surface area (Å²) in [4.78, 5) is 20.4. The zero-order chi connectivity index (χ0) is 23.9. The highest BCUT2D eigenvalue weighted by atomic mass is 32.2. The van der Waals surface area contributed by atoms with Crippen molar-refractivity contribution >= 4 is 38.3 Å². The van der Waals surface area contributed by atoms with Crippen LogP contribution in [0.4, 0.5) is 17.2 Å². The van der Waals surface area contributed by atoms with Gasteiger partial charge in [-0.25, -0.2) is 27.9 Å².